The zero-order chi connectivity index (χ0) is 19.9. The van der Waals surface area contributed by atoms with E-state index in [0.29, 0.717) is 0 Å². The highest BCUT2D eigenvalue weighted by molar-refractivity contribution is 6.21. The molecule has 0 atom stereocenters. The summed E-state index contributed by atoms with van der Waals surface area (Å²) >= 11 is 0. The lowest BCUT2D eigenvalue weighted by atomic mass is 9.85. The van der Waals surface area contributed by atoms with E-state index in [1.165, 1.54) is 49.4 Å². The number of hydrogen-bond donors (Lipinski definition) is 0. The lowest BCUT2D eigenvalue weighted by Crippen LogP contribution is -2.08. The first-order valence-corrected chi connectivity index (χ1v) is 10.6. The topological polar surface area (TPSA) is 9.23 Å². The highest BCUT2D eigenvalue weighted by Gasteiger charge is 2.18. The molecule has 1 aliphatic rings. The molecular formula is C29H22O. The molecule has 5 aromatic carbocycles. The molecule has 1 nitrogen and oxygen atoms in total. The summed E-state index contributed by atoms with van der Waals surface area (Å²) < 4.78 is 6.00. The van der Waals surface area contributed by atoms with E-state index < -0.39 is 0 Å². The Labute approximate surface area is 176 Å². The summed E-state index contributed by atoms with van der Waals surface area (Å²) in [4.78, 5) is 0. The minimum atomic E-state index is 0.810. The number of benzene rings is 5. The SMILES string of the molecule is c1ccc(-c2c3ccccc3c(-c3ccc4c(c3)OCCC4)c3ccccc23)cc1. The second-order valence-electron chi connectivity index (χ2n) is 7.98. The molecule has 1 heteroatoms. The van der Waals surface area contributed by atoms with Crippen LogP contribution in [0.1, 0.15) is 12.0 Å². The maximum atomic E-state index is 6.00. The van der Waals surface area contributed by atoms with E-state index >= 15 is 0 Å². The summed E-state index contributed by atoms with van der Waals surface area (Å²) in [7, 11) is 0. The zero-order valence-electron chi connectivity index (χ0n) is 16.8. The smallest absolute Gasteiger partial charge is 0.123 e. The van der Waals surface area contributed by atoms with Crippen molar-refractivity contribution in [2.45, 2.75) is 12.8 Å². The summed E-state index contributed by atoms with van der Waals surface area (Å²) in [6, 6.07) is 35.1. The molecule has 1 aliphatic heterocycles. The van der Waals surface area contributed by atoms with Crippen LogP contribution in [0.5, 0.6) is 5.75 Å². The van der Waals surface area contributed by atoms with Crippen molar-refractivity contribution in [1.82, 2.24) is 0 Å². The van der Waals surface area contributed by atoms with Gasteiger partial charge in [0.05, 0.1) is 6.61 Å². The fraction of sp³-hybridized carbons (Fsp3) is 0.103. The lowest BCUT2D eigenvalue weighted by Gasteiger charge is -2.20. The van der Waals surface area contributed by atoms with Crippen molar-refractivity contribution >= 4 is 21.5 Å². The average molecular weight is 386 g/mol. The van der Waals surface area contributed by atoms with Crippen LogP contribution in [-0.4, -0.2) is 6.61 Å². The van der Waals surface area contributed by atoms with E-state index in [1.54, 1.807) is 0 Å². The van der Waals surface area contributed by atoms with Crippen LogP contribution in [0.2, 0.25) is 0 Å². The first kappa shape index (κ1) is 17.3. The number of hydrogen-bond acceptors (Lipinski definition) is 1. The maximum absolute atomic E-state index is 6.00. The van der Waals surface area contributed by atoms with Crippen LogP contribution in [0, 0.1) is 0 Å². The second kappa shape index (κ2) is 7.03. The molecule has 5 aromatic rings. The summed E-state index contributed by atoms with van der Waals surface area (Å²) in [6.07, 6.45) is 2.20. The standard InChI is InChI=1S/C29H22O/c1-2-9-21(10-3-1)28-23-12-4-6-14-25(23)29(26-15-7-5-13-24(26)28)22-17-16-20-11-8-18-30-27(20)19-22/h1-7,9-10,12-17,19H,8,11,18H2. The number of ether oxygens (including phenoxy) is 1. The van der Waals surface area contributed by atoms with Gasteiger partial charge in [0.1, 0.15) is 5.75 Å². The number of aryl methyl sites for hydroxylation is 1. The van der Waals surface area contributed by atoms with Crippen molar-refractivity contribution in [3.05, 3.63) is 103 Å². The summed E-state index contributed by atoms with van der Waals surface area (Å²) in [5, 5.41) is 5.14. The van der Waals surface area contributed by atoms with Gasteiger partial charge in [0.25, 0.3) is 0 Å². The molecule has 0 amide bonds. The van der Waals surface area contributed by atoms with E-state index in [4.69, 9.17) is 4.74 Å². The van der Waals surface area contributed by atoms with Crippen molar-refractivity contribution in [2.24, 2.45) is 0 Å². The Balaban J connectivity index is 1.74. The number of fused-ring (bicyclic) bond motifs is 3. The van der Waals surface area contributed by atoms with Gasteiger partial charge in [-0.05, 0) is 68.3 Å². The Morgan fingerprint density at radius 2 is 1.10 bits per heavy atom. The third-order valence-corrected chi connectivity index (χ3v) is 6.20. The molecule has 0 bridgehead atoms. The molecule has 6 rings (SSSR count). The first-order chi connectivity index (χ1) is 14.9. The van der Waals surface area contributed by atoms with Crippen LogP contribution in [0.3, 0.4) is 0 Å². The highest BCUT2D eigenvalue weighted by Crippen LogP contribution is 2.44. The molecule has 0 radical (unpaired) electrons. The molecule has 0 unspecified atom stereocenters. The summed E-state index contributed by atoms with van der Waals surface area (Å²) in [6.45, 7) is 0.810. The van der Waals surface area contributed by atoms with E-state index in [1.807, 2.05) is 0 Å². The van der Waals surface area contributed by atoms with E-state index in [9.17, 15) is 0 Å². The van der Waals surface area contributed by atoms with Gasteiger partial charge in [0, 0.05) is 0 Å². The summed E-state index contributed by atoms with van der Waals surface area (Å²) in [5.41, 5.74) is 6.39. The highest BCUT2D eigenvalue weighted by atomic mass is 16.5. The van der Waals surface area contributed by atoms with Crippen LogP contribution in [0.4, 0.5) is 0 Å². The predicted molar refractivity (Wildman–Crippen MR) is 126 cm³/mol. The molecule has 0 spiro atoms. The first-order valence-electron chi connectivity index (χ1n) is 10.6. The minimum Gasteiger partial charge on any atom is -0.493 e. The van der Waals surface area contributed by atoms with Crippen LogP contribution in [0.25, 0.3) is 43.8 Å². The molecule has 0 fully saturated rings. The lowest BCUT2D eigenvalue weighted by molar-refractivity contribution is 0.288. The molecule has 30 heavy (non-hydrogen) atoms. The molecule has 0 saturated carbocycles. The monoisotopic (exact) mass is 386 g/mol. The fourth-order valence-electron chi connectivity index (χ4n) is 4.85. The predicted octanol–water partition coefficient (Wildman–Crippen LogP) is 7.65. The Kier molecular flexibility index (Phi) is 4.06. The van der Waals surface area contributed by atoms with Gasteiger partial charge in [-0.2, -0.15) is 0 Å². The van der Waals surface area contributed by atoms with Gasteiger partial charge < -0.3 is 4.74 Å². The molecule has 0 N–H and O–H groups in total. The van der Waals surface area contributed by atoms with Crippen molar-refractivity contribution in [2.75, 3.05) is 6.61 Å². The third kappa shape index (κ3) is 2.70. The largest absolute Gasteiger partial charge is 0.493 e. The van der Waals surface area contributed by atoms with Gasteiger partial charge in [-0.15, -0.1) is 0 Å². The minimum absolute atomic E-state index is 0.810. The van der Waals surface area contributed by atoms with E-state index in [-0.39, 0.29) is 0 Å². The molecular weight excluding hydrogens is 364 g/mol. The van der Waals surface area contributed by atoms with Gasteiger partial charge in [0.15, 0.2) is 0 Å². The van der Waals surface area contributed by atoms with Crippen LogP contribution in [0.15, 0.2) is 97.1 Å². The molecule has 0 aliphatic carbocycles. The zero-order valence-corrected chi connectivity index (χ0v) is 16.8. The number of rotatable bonds is 2. The van der Waals surface area contributed by atoms with Gasteiger partial charge >= 0.3 is 0 Å². The second-order valence-corrected chi connectivity index (χ2v) is 7.98. The fourth-order valence-corrected chi connectivity index (χ4v) is 4.85. The Morgan fingerprint density at radius 3 is 1.73 bits per heavy atom. The molecule has 144 valence electrons. The van der Waals surface area contributed by atoms with Gasteiger partial charge in [-0.1, -0.05) is 91.0 Å². The van der Waals surface area contributed by atoms with Gasteiger partial charge in [0.2, 0.25) is 0 Å². The van der Waals surface area contributed by atoms with Crippen LogP contribution < -0.4 is 4.74 Å². The normalized spacial score (nSPS) is 13.2. The van der Waals surface area contributed by atoms with Gasteiger partial charge in [-0.3, -0.25) is 0 Å². The summed E-state index contributed by atoms with van der Waals surface area (Å²) in [5.74, 6) is 1.04. The van der Waals surface area contributed by atoms with Crippen LogP contribution in [-0.2, 0) is 6.42 Å². The third-order valence-electron chi connectivity index (χ3n) is 6.20. The van der Waals surface area contributed by atoms with E-state index in [0.717, 1.165) is 25.2 Å². The van der Waals surface area contributed by atoms with Crippen LogP contribution >= 0.6 is 0 Å². The Bertz CT molecular complexity index is 1330. The van der Waals surface area contributed by atoms with Gasteiger partial charge in [-0.25, -0.2) is 0 Å². The maximum Gasteiger partial charge on any atom is 0.123 e. The van der Waals surface area contributed by atoms with Crippen molar-refractivity contribution < 1.29 is 4.74 Å². The Morgan fingerprint density at radius 1 is 0.533 bits per heavy atom. The Hall–Kier alpha value is -3.58. The van der Waals surface area contributed by atoms with Crippen molar-refractivity contribution in [3.8, 4) is 28.0 Å². The average Bonchev–Trinajstić information content (AvgIpc) is 2.82. The van der Waals surface area contributed by atoms with Crippen molar-refractivity contribution in [3.63, 3.8) is 0 Å². The van der Waals surface area contributed by atoms with E-state index in [2.05, 4.69) is 97.1 Å². The molecule has 1 heterocycles. The quantitative estimate of drug-likeness (QED) is 0.283. The molecule has 0 aromatic heterocycles. The molecule has 0 saturated heterocycles. The van der Waals surface area contributed by atoms with Crippen molar-refractivity contribution in [1.29, 1.82) is 0 Å².